The van der Waals surface area contributed by atoms with E-state index in [-0.39, 0.29) is 24.1 Å². The molecule has 1 amide bonds. The Balaban J connectivity index is 1.35. The zero-order valence-electron chi connectivity index (χ0n) is 18.7. The quantitative estimate of drug-likeness (QED) is 0.769. The van der Waals surface area contributed by atoms with E-state index in [0.29, 0.717) is 6.61 Å². The average molecular weight is 424 g/mol. The van der Waals surface area contributed by atoms with Crippen LogP contribution in [0, 0.1) is 0 Å². The first-order chi connectivity index (χ1) is 15.0. The number of rotatable bonds is 6. The summed E-state index contributed by atoms with van der Waals surface area (Å²) in [4.78, 5) is 17.6. The summed E-state index contributed by atoms with van der Waals surface area (Å²) in [6.45, 7) is 10.2. The average Bonchev–Trinajstić information content (AvgIpc) is 2.79. The Morgan fingerprint density at radius 2 is 1.74 bits per heavy atom. The highest BCUT2D eigenvalue weighted by atomic mass is 16.5. The van der Waals surface area contributed by atoms with E-state index in [4.69, 9.17) is 9.47 Å². The van der Waals surface area contributed by atoms with E-state index in [2.05, 4.69) is 27.2 Å². The van der Waals surface area contributed by atoms with Gasteiger partial charge in [0.15, 0.2) is 0 Å². The Kier molecular flexibility index (Phi) is 6.66. The van der Waals surface area contributed by atoms with Crippen molar-refractivity contribution in [1.29, 1.82) is 0 Å². The van der Waals surface area contributed by atoms with Crippen LogP contribution in [0.15, 0.2) is 48.5 Å². The fraction of sp³-hybridized carbons (Fsp3) is 0.480. The van der Waals surface area contributed by atoms with E-state index in [1.54, 1.807) is 0 Å². The third-order valence-corrected chi connectivity index (χ3v) is 6.09. The smallest absolute Gasteiger partial charge is 0.237 e. The highest BCUT2D eigenvalue weighted by Gasteiger charge is 2.29. The molecular weight excluding hydrogens is 390 g/mol. The number of nitrogens with zero attached hydrogens (tertiary/aromatic N) is 2. The molecule has 1 N–H and O–H groups in total. The Labute approximate surface area is 185 Å². The van der Waals surface area contributed by atoms with Gasteiger partial charge in [-0.1, -0.05) is 30.3 Å². The second kappa shape index (κ2) is 9.60. The van der Waals surface area contributed by atoms with Gasteiger partial charge in [0.05, 0.1) is 30.5 Å². The number of carbonyl (C=O) groups is 1. The molecule has 6 nitrogen and oxygen atoms in total. The van der Waals surface area contributed by atoms with Crippen LogP contribution < -0.4 is 19.7 Å². The molecule has 2 aromatic carbocycles. The van der Waals surface area contributed by atoms with Gasteiger partial charge in [-0.05, 0) is 39.0 Å². The molecule has 2 atom stereocenters. The molecule has 2 heterocycles. The molecule has 0 bridgehead atoms. The van der Waals surface area contributed by atoms with Crippen molar-refractivity contribution in [2.24, 2.45) is 0 Å². The third-order valence-electron chi connectivity index (χ3n) is 6.09. The van der Waals surface area contributed by atoms with Crippen LogP contribution in [0.1, 0.15) is 38.8 Å². The van der Waals surface area contributed by atoms with Crippen molar-refractivity contribution in [2.75, 3.05) is 37.7 Å². The maximum absolute atomic E-state index is 13.0. The van der Waals surface area contributed by atoms with E-state index in [1.165, 1.54) is 0 Å². The third kappa shape index (κ3) is 4.96. The van der Waals surface area contributed by atoms with Gasteiger partial charge >= 0.3 is 0 Å². The minimum absolute atomic E-state index is 0.0150. The van der Waals surface area contributed by atoms with Crippen LogP contribution in [0.4, 0.5) is 5.69 Å². The van der Waals surface area contributed by atoms with Crippen LogP contribution >= 0.6 is 0 Å². The molecule has 0 unspecified atom stereocenters. The summed E-state index contributed by atoms with van der Waals surface area (Å²) < 4.78 is 11.7. The van der Waals surface area contributed by atoms with Crippen LogP contribution in [0.3, 0.4) is 0 Å². The van der Waals surface area contributed by atoms with E-state index < -0.39 is 0 Å². The number of amides is 1. The summed E-state index contributed by atoms with van der Waals surface area (Å²) >= 11 is 0. The molecule has 0 spiro atoms. The standard InChI is InChI=1S/C25H33N3O3/c1-18(2)31-24-11-7-5-9-22(24)28-15-13-27(14-16-28)19(3)25(29)26-21-12-17-30-23-10-6-4-8-20(21)23/h4-11,18-19,21H,12-17H2,1-3H3,(H,26,29)/t19-,21+/m0/s1. The normalized spacial score (nSPS) is 20.0. The van der Waals surface area contributed by atoms with Gasteiger partial charge in [0.2, 0.25) is 5.91 Å². The summed E-state index contributed by atoms with van der Waals surface area (Å²) in [5.74, 6) is 1.89. The van der Waals surface area contributed by atoms with Gasteiger partial charge in [0.25, 0.3) is 0 Å². The van der Waals surface area contributed by atoms with Crippen molar-refractivity contribution in [1.82, 2.24) is 10.2 Å². The SMILES string of the molecule is CC(C)Oc1ccccc1N1CCN([C@@H](C)C(=O)N[C@@H]2CCOc3ccccc32)CC1. The molecule has 0 saturated carbocycles. The molecule has 2 aromatic rings. The zero-order valence-corrected chi connectivity index (χ0v) is 18.7. The lowest BCUT2D eigenvalue weighted by Crippen LogP contribution is -2.54. The summed E-state index contributed by atoms with van der Waals surface area (Å²) in [7, 11) is 0. The zero-order chi connectivity index (χ0) is 21.8. The number of hydrogen-bond donors (Lipinski definition) is 1. The second-order valence-corrected chi connectivity index (χ2v) is 8.57. The molecule has 2 aliphatic rings. The lowest BCUT2D eigenvalue weighted by Gasteiger charge is -2.39. The predicted octanol–water partition coefficient (Wildman–Crippen LogP) is 3.62. The highest BCUT2D eigenvalue weighted by molar-refractivity contribution is 5.82. The number of piperazine rings is 1. The number of fused-ring (bicyclic) bond motifs is 1. The fourth-order valence-corrected chi connectivity index (χ4v) is 4.37. The van der Waals surface area contributed by atoms with Crippen LogP contribution in [-0.2, 0) is 4.79 Å². The van der Waals surface area contributed by atoms with Crippen LogP contribution in [0.25, 0.3) is 0 Å². The molecular formula is C25H33N3O3. The van der Waals surface area contributed by atoms with Crippen molar-refractivity contribution in [2.45, 2.75) is 45.4 Å². The lowest BCUT2D eigenvalue weighted by atomic mass is 10.00. The molecule has 31 heavy (non-hydrogen) atoms. The number of hydrogen-bond acceptors (Lipinski definition) is 5. The van der Waals surface area contributed by atoms with E-state index >= 15 is 0 Å². The van der Waals surface area contributed by atoms with Crippen LogP contribution in [0.2, 0.25) is 0 Å². The maximum Gasteiger partial charge on any atom is 0.237 e. The molecule has 1 saturated heterocycles. The number of ether oxygens (including phenoxy) is 2. The van der Waals surface area contributed by atoms with Crippen LogP contribution in [-0.4, -0.2) is 55.7 Å². The number of nitrogens with one attached hydrogen (secondary N) is 1. The number of anilines is 1. The van der Waals surface area contributed by atoms with Gasteiger partial charge in [-0.25, -0.2) is 0 Å². The first-order valence-corrected chi connectivity index (χ1v) is 11.3. The van der Waals surface area contributed by atoms with E-state index in [0.717, 1.165) is 55.3 Å². The van der Waals surface area contributed by atoms with E-state index in [9.17, 15) is 4.79 Å². The molecule has 2 aliphatic heterocycles. The molecule has 4 rings (SSSR count). The van der Waals surface area contributed by atoms with Gasteiger partial charge in [-0.15, -0.1) is 0 Å². The minimum atomic E-state index is -0.167. The molecule has 0 radical (unpaired) electrons. The van der Waals surface area contributed by atoms with Gasteiger partial charge in [0.1, 0.15) is 11.5 Å². The van der Waals surface area contributed by atoms with E-state index in [1.807, 2.05) is 57.2 Å². The largest absolute Gasteiger partial charge is 0.493 e. The molecule has 1 fully saturated rings. The number of carbonyl (C=O) groups excluding carboxylic acids is 1. The van der Waals surface area contributed by atoms with Crippen molar-refractivity contribution in [3.63, 3.8) is 0 Å². The highest BCUT2D eigenvalue weighted by Crippen LogP contribution is 2.32. The van der Waals surface area contributed by atoms with Gasteiger partial charge < -0.3 is 19.7 Å². The summed E-state index contributed by atoms with van der Waals surface area (Å²) in [6.07, 6.45) is 0.942. The van der Waals surface area contributed by atoms with Crippen LogP contribution in [0.5, 0.6) is 11.5 Å². The first-order valence-electron chi connectivity index (χ1n) is 11.3. The van der Waals surface area contributed by atoms with Gasteiger partial charge in [0, 0.05) is 38.2 Å². The van der Waals surface area contributed by atoms with Crippen molar-refractivity contribution in [3.05, 3.63) is 54.1 Å². The Bertz CT molecular complexity index is 893. The number of benzene rings is 2. The first kappa shape index (κ1) is 21.5. The summed E-state index contributed by atoms with van der Waals surface area (Å²) in [5.41, 5.74) is 2.20. The Morgan fingerprint density at radius 3 is 2.52 bits per heavy atom. The van der Waals surface area contributed by atoms with Gasteiger partial charge in [-0.2, -0.15) is 0 Å². The second-order valence-electron chi connectivity index (χ2n) is 8.57. The minimum Gasteiger partial charge on any atom is -0.493 e. The van der Waals surface area contributed by atoms with Crippen molar-refractivity contribution in [3.8, 4) is 11.5 Å². The summed E-state index contributed by atoms with van der Waals surface area (Å²) in [6, 6.07) is 16.0. The monoisotopic (exact) mass is 423 g/mol. The topological polar surface area (TPSA) is 54.0 Å². The fourth-order valence-electron chi connectivity index (χ4n) is 4.37. The lowest BCUT2D eigenvalue weighted by molar-refractivity contribution is -0.127. The molecule has 6 heteroatoms. The molecule has 166 valence electrons. The molecule has 0 aliphatic carbocycles. The maximum atomic E-state index is 13.0. The Hall–Kier alpha value is -2.73. The molecule has 0 aromatic heterocycles. The van der Waals surface area contributed by atoms with Gasteiger partial charge in [-0.3, -0.25) is 9.69 Å². The van der Waals surface area contributed by atoms with Crippen molar-refractivity contribution < 1.29 is 14.3 Å². The Morgan fingerprint density at radius 1 is 1.03 bits per heavy atom. The predicted molar refractivity (Wildman–Crippen MR) is 123 cm³/mol. The number of para-hydroxylation sites is 3. The van der Waals surface area contributed by atoms with Crippen molar-refractivity contribution >= 4 is 11.6 Å². The summed E-state index contributed by atoms with van der Waals surface area (Å²) in [5, 5.41) is 3.25.